The maximum Gasteiger partial charge on any atom is 0.216 e. The van der Waals surface area contributed by atoms with Gasteiger partial charge in [-0.15, -0.1) is 0 Å². The minimum Gasteiger partial charge on any atom is -0.481 e. The number of rotatable bonds is 5. The van der Waals surface area contributed by atoms with E-state index in [4.69, 9.17) is 9.15 Å². The standard InChI is InChI=1S/C17H21N3O2/c1-11-14(17(21-4)20(3)19-11)10-18-12(2)16-9-13-7-5-6-8-15(13)22-16/h5-9,12,18H,10H2,1-4H3. The summed E-state index contributed by atoms with van der Waals surface area (Å²) in [6, 6.07) is 10.2. The SMILES string of the molecule is COc1c(CNC(C)c2cc3ccccc3o2)c(C)nn1C. The van der Waals surface area contributed by atoms with Crippen molar-refractivity contribution in [3.8, 4) is 5.88 Å². The first-order valence-electron chi connectivity index (χ1n) is 7.38. The Labute approximate surface area is 129 Å². The Morgan fingerprint density at radius 2 is 2.14 bits per heavy atom. The van der Waals surface area contributed by atoms with Gasteiger partial charge in [0.1, 0.15) is 11.3 Å². The first-order chi connectivity index (χ1) is 10.6. The average Bonchev–Trinajstić information content (AvgIpc) is 3.05. The molecule has 22 heavy (non-hydrogen) atoms. The van der Waals surface area contributed by atoms with Crippen molar-refractivity contribution in [1.29, 1.82) is 0 Å². The molecule has 2 heterocycles. The smallest absolute Gasteiger partial charge is 0.216 e. The summed E-state index contributed by atoms with van der Waals surface area (Å²) in [5.41, 5.74) is 2.97. The number of furan rings is 1. The van der Waals surface area contributed by atoms with Gasteiger partial charge < -0.3 is 14.5 Å². The van der Waals surface area contributed by atoms with E-state index in [0.29, 0.717) is 6.54 Å². The average molecular weight is 299 g/mol. The molecule has 1 unspecified atom stereocenters. The molecule has 0 bridgehead atoms. The number of nitrogens with one attached hydrogen (secondary N) is 1. The number of methoxy groups -OCH3 is 1. The van der Waals surface area contributed by atoms with Crippen LogP contribution >= 0.6 is 0 Å². The molecular formula is C17H21N3O2. The highest BCUT2D eigenvalue weighted by atomic mass is 16.5. The second-order valence-corrected chi connectivity index (χ2v) is 5.49. The van der Waals surface area contributed by atoms with Crippen LogP contribution in [-0.2, 0) is 13.6 Å². The van der Waals surface area contributed by atoms with Crippen molar-refractivity contribution in [2.45, 2.75) is 26.4 Å². The normalized spacial score (nSPS) is 12.7. The highest BCUT2D eigenvalue weighted by Gasteiger charge is 2.16. The van der Waals surface area contributed by atoms with Crippen molar-refractivity contribution in [2.75, 3.05) is 7.11 Å². The van der Waals surface area contributed by atoms with Crippen LogP contribution in [0.15, 0.2) is 34.7 Å². The molecule has 5 heteroatoms. The van der Waals surface area contributed by atoms with Gasteiger partial charge in [-0.25, -0.2) is 4.68 Å². The molecule has 0 saturated carbocycles. The topological polar surface area (TPSA) is 52.2 Å². The van der Waals surface area contributed by atoms with Crippen LogP contribution in [0.1, 0.15) is 30.0 Å². The Balaban J connectivity index is 1.76. The number of para-hydroxylation sites is 1. The van der Waals surface area contributed by atoms with E-state index in [-0.39, 0.29) is 6.04 Å². The summed E-state index contributed by atoms with van der Waals surface area (Å²) >= 11 is 0. The maximum absolute atomic E-state index is 5.90. The summed E-state index contributed by atoms with van der Waals surface area (Å²) < 4.78 is 13.1. The molecule has 0 spiro atoms. The molecule has 5 nitrogen and oxygen atoms in total. The number of nitrogens with zero attached hydrogens (tertiary/aromatic N) is 2. The van der Waals surface area contributed by atoms with Crippen molar-refractivity contribution >= 4 is 11.0 Å². The van der Waals surface area contributed by atoms with Crippen LogP contribution in [0.5, 0.6) is 5.88 Å². The van der Waals surface area contributed by atoms with E-state index in [1.807, 2.05) is 32.2 Å². The molecule has 0 saturated heterocycles. The predicted molar refractivity (Wildman–Crippen MR) is 86.0 cm³/mol. The van der Waals surface area contributed by atoms with E-state index in [9.17, 15) is 0 Å². The van der Waals surface area contributed by atoms with Gasteiger partial charge in [0.2, 0.25) is 5.88 Å². The molecular weight excluding hydrogens is 278 g/mol. The molecule has 0 amide bonds. The van der Waals surface area contributed by atoms with E-state index >= 15 is 0 Å². The van der Waals surface area contributed by atoms with E-state index < -0.39 is 0 Å². The fourth-order valence-corrected chi connectivity index (χ4v) is 2.71. The van der Waals surface area contributed by atoms with Crippen LogP contribution in [-0.4, -0.2) is 16.9 Å². The van der Waals surface area contributed by atoms with Gasteiger partial charge in [-0.05, 0) is 26.0 Å². The van der Waals surface area contributed by atoms with Gasteiger partial charge in [0.25, 0.3) is 0 Å². The van der Waals surface area contributed by atoms with E-state index in [0.717, 1.165) is 33.9 Å². The van der Waals surface area contributed by atoms with Crippen molar-refractivity contribution in [3.05, 3.63) is 47.3 Å². The third-order valence-electron chi connectivity index (χ3n) is 3.94. The number of hydrogen-bond donors (Lipinski definition) is 1. The summed E-state index contributed by atoms with van der Waals surface area (Å²) in [4.78, 5) is 0. The van der Waals surface area contributed by atoms with Crippen LogP contribution in [0.2, 0.25) is 0 Å². The van der Waals surface area contributed by atoms with Gasteiger partial charge in [-0.1, -0.05) is 18.2 Å². The molecule has 0 aliphatic carbocycles. The molecule has 3 rings (SSSR count). The number of ether oxygens (including phenoxy) is 1. The van der Waals surface area contributed by atoms with Gasteiger partial charge in [0, 0.05) is 19.0 Å². The lowest BCUT2D eigenvalue weighted by Gasteiger charge is -2.12. The van der Waals surface area contributed by atoms with Gasteiger partial charge in [-0.2, -0.15) is 5.10 Å². The quantitative estimate of drug-likeness (QED) is 0.785. The van der Waals surface area contributed by atoms with Gasteiger partial charge in [0.15, 0.2) is 0 Å². The van der Waals surface area contributed by atoms with Gasteiger partial charge in [0.05, 0.1) is 24.4 Å². The monoisotopic (exact) mass is 299 g/mol. The third kappa shape index (κ3) is 2.60. The fourth-order valence-electron chi connectivity index (χ4n) is 2.71. The molecule has 0 aliphatic rings. The first kappa shape index (κ1) is 14.7. The highest BCUT2D eigenvalue weighted by molar-refractivity contribution is 5.77. The third-order valence-corrected chi connectivity index (χ3v) is 3.94. The summed E-state index contributed by atoms with van der Waals surface area (Å²) in [7, 11) is 3.56. The number of aromatic nitrogens is 2. The lowest BCUT2D eigenvalue weighted by Crippen LogP contribution is -2.18. The fraction of sp³-hybridized carbons (Fsp3) is 0.353. The van der Waals surface area contributed by atoms with Crippen molar-refractivity contribution in [1.82, 2.24) is 15.1 Å². The van der Waals surface area contributed by atoms with Crippen LogP contribution in [0.4, 0.5) is 0 Å². The Kier molecular flexibility index (Phi) is 3.90. The minimum atomic E-state index is 0.108. The van der Waals surface area contributed by atoms with Crippen molar-refractivity contribution < 1.29 is 9.15 Å². The summed E-state index contributed by atoms with van der Waals surface area (Å²) in [6.45, 7) is 4.77. The Hall–Kier alpha value is -2.27. The molecule has 0 radical (unpaired) electrons. The molecule has 0 fully saturated rings. The lowest BCUT2D eigenvalue weighted by molar-refractivity contribution is 0.365. The second-order valence-electron chi connectivity index (χ2n) is 5.49. The Morgan fingerprint density at radius 3 is 2.86 bits per heavy atom. The van der Waals surface area contributed by atoms with Crippen molar-refractivity contribution in [2.24, 2.45) is 7.05 Å². The van der Waals surface area contributed by atoms with Crippen molar-refractivity contribution in [3.63, 3.8) is 0 Å². The molecule has 1 atom stereocenters. The highest BCUT2D eigenvalue weighted by Crippen LogP contribution is 2.25. The summed E-state index contributed by atoms with van der Waals surface area (Å²) in [5, 5.41) is 9.00. The van der Waals surface area contributed by atoms with E-state index in [1.54, 1.807) is 11.8 Å². The zero-order chi connectivity index (χ0) is 15.7. The largest absolute Gasteiger partial charge is 0.481 e. The molecule has 1 aromatic carbocycles. The first-order valence-corrected chi connectivity index (χ1v) is 7.38. The number of benzene rings is 1. The van der Waals surface area contributed by atoms with Gasteiger partial charge in [-0.3, -0.25) is 0 Å². The number of aryl methyl sites for hydroxylation is 2. The molecule has 1 N–H and O–H groups in total. The Morgan fingerprint density at radius 1 is 1.36 bits per heavy atom. The maximum atomic E-state index is 5.90. The zero-order valence-corrected chi connectivity index (χ0v) is 13.4. The van der Waals surface area contributed by atoms with Crippen LogP contribution in [0.3, 0.4) is 0 Å². The second kappa shape index (κ2) is 5.85. The van der Waals surface area contributed by atoms with Crippen LogP contribution < -0.4 is 10.1 Å². The van der Waals surface area contributed by atoms with Gasteiger partial charge >= 0.3 is 0 Å². The number of hydrogen-bond acceptors (Lipinski definition) is 4. The van der Waals surface area contributed by atoms with E-state index in [2.05, 4.69) is 29.5 Å². The van der Waals surface area contributed by atoms with E-state index in [1.165, 1.54) is 0 Å². The Bertz CT molecular complexity index is 755. The predicted octanol–water partition coefficient (Wildman–Crippen LogP) is 3.33. The lowest BCUT2D eigenvalue weighted by atomic mass is 10.2. The zero-order valence-electron chi connectivity index (χ0n) is 13.4. The summed E-state index contributed by atoms with van der Waals surface area (Å²) in [6.07, 6.45) is 0. The molecule has 3 aromatic rings. The van der Waals surface area contributed by atoms with Crippen LogP contribution in [0, 0.1) is 6.92 Å². The minimum absolute atomic E-state index is 0.108. The number of fused-ring (bicyclic) bond motifs is 1. The summed E-state index contributed by atoms with van der Waals surface area (Å²) in [5.74, 6) is 1.73. The van der Waals surface area contributed by atoms with Crippen LogP contribution in [0.25, 0.3) is 11.0 Å². The molecule has 2 aromatic heterocycles. The molecule has 116 valence electrons. The molecule has 0 aliphatic heterocycles.